The van der Waals surface area contributed by atoms with E-state index >= 15 is 0 Å². The van der Waals surface area contributed by atoms with Crippen molar-refractivity contribution in [1.29, 1.82) is 0 Å². The average molecular weight is 254 g/mol. The van der Waals surface area contributed by atoms with Gasteiger partial charge >= 0.3 is 0 Å². The molecule has 2 heterocycles. The van der Waals surface area contributed by atoms with Crippen molar-refractivity contribution in [2.24, 2.45) is 5.92 Å². The van der Waals surface area contributed by atoms with E-state index in [1.165, 1.54) is 19.3 Å². The molecule has 2 fully saturated rings. The number of piperidine rings is 2. The van der Waals surface area contributed by atoms with Gasteiger partial charge in [0.25, 0.3) is 0 Å². The Kier molecular flexibility index (Phi) is 5.45. The number of carbonyl (C=O) groups is 1. The predicted molar refractivity (Wildman–Crippen MR) is 71.3 cm³/mol. The Morgan fingerprint density at radius 2 is 2.17 bits per heavy atom. The quantitative estimate of drug-likeness (QED) is 0.791. The first-order valence-electron chi connectivity index (χ1n) is 7.42. The van der Waals surface area contributed by atoms with Crippen LogP contribution in [0.1, 0.15) is 44.9 Å². The van der Waals surface area contributed by atoms with Crippen LogP contribution >= 0.6 is 0 Å². The fourth-order valence-electron chi connectivity index (χ4n) is 3.24. The highest BCUT2D eigenvalue weighted by Crippen LogP contribution is 2.23. The summed E-state index contributed by atoms with van der Waals surface area (Å²) < 4.78 is 0. The Morgan fingerprint density at radius 3 is 2.89 bits per heavy atom. The van der Waals surface area contributed by atoms with Crippen LogP contribution in [0.25, 0.3) is 0 Å². The third kappa shape index (κ3) is 3.69. The topological polar surface area (TPSA) is 52.6 Å². The van der Waals surface area contributed by atoms with Gasteiger partial charge in [0.15, 0.2) is 0 Å². The Bertz CT molecular complexity index is 263. The van der Waals surface area contributed by atoms with Gasteiger partial charge in [-0.05, 0) is 57.5 Å². The van der Waals surface area contributed by atoms with Crippen molar-refractivity contribution >= 4 is 5.91 Å². The molecule has 2 unspecified atom stereocenters. The number of aliphatic hydroxyl groups excluding tert-OH is 1. The number of hydrogen-bond acceptors (Lipinski definition) is 3. The molecule has 0 aliphatic carbocycles. The minimum atomic E-state index is 0.194. The Hall–Kier alpha value is -0.610. The second-order valence-corrected chi connectivity index (χ2v) is 5.67. The van der Waals surface area contributed by atoms with Crippen LogP contribution in [0.15, 0.2) is 0 Å². The van der Waals surface area contributed by atoms with Crippen molar-refractivity contribution in [3.05, 3.63) is 0 Å². The van der Waals surface area contributed by atoms with E-state index < -0.39 is 0 Å². The van der Waals surface area contributed by atoms with Crippen LogP contribution in [0.2, 0.25) is 0 Å². The second-order valence-electron chi connectivity index (χ2n) is 5.67. The van der Waals surface area contributed by atoms with Gasteiger partial charge in [-0.2, -0.15) is 0 Å². The molecule has 0 saturated carbocycles. The second kappa shape index (κ2) is 7.10. The first-order valence-corrected chi connectivity index (χ1v) is 7.42. The van der Waals surface area contributed by atoms with Crippen molar-refractivity contribution in [3.63, 3.8) is 0 Å². The molecule has 0 radical (unpaired) electrons. The third-order valence-electron chi connectivity index (χ3n) is 4.27. The molecule has 4 nitrogen and oxygen atoms in total. The van der Waals surface area contributed by atoms with E-state index in [1.807, 2.05) is 4.90 Å². The number of hydrogen-bond donors (Lipinski definition) is 2. The summed E-state index contributed by atoms with van der Waals surface area (Å²) in [5.41, 5.74) is 0. The molecular formula is C14H26N2O2. The highest BCUT2D eigenvalue weighted by Gasteiger charge is 2.28. The molecule has 2 aliphatic rings. The van der Waals surface area contributed by atoms with E-state index in [1.54, 1.807) is 0 Å². The van der Waals surface area contributed by atoms with E-state index in [9.17, 15) is 4.79 Å². The summed E-state index contributed by atoms with van der Waals surface area (Å²) in [4.78, 5) is 14.4. The zero-order valence-corrected chi connectivity index (χ0v) is 11.2. The Labute approximate surface area is 110 Å². The summed E-state index contributed by atoms with van der Waals surface area (Å²) in [7, 11) is 0. The van der Waals surface area contributed by atoms with Crippen LogP contribution in [0, 0.1) is 5.92 Å². The van der Waals surface area contributed by atoms with Gasteiger partial charge in [0.1, 0.15) is 0 Å². The number of rotatable bonds is 4. The largest absolute Gasteiger partial charge is 0.396 e. The molecule has 18 heavy (non-hydrogen) atoms. The van der Waals surface area contributed by atoms with Gasteiger partial charge in [0.05, 0.1) is 0 Å². The maximum Gasteiger partial charge on any atom is 0.223 e. The minimum absolute atomic E-state index is 0.194. The molecule has 2 atom stereocenters. The van der Waals surface area contributed by atoms with Crippen LogP contribution in [-0.2, 0) is 4.79 Å². The normalized spacial score (nSPS) is 29.3. The van der Waals surface area contributed by atoms with Crippen molar-refractivity contribution in [1.82, 2.24) is 10.2 Å². The van der Waals surface area contributed by atoms with Crippen LogP contribution < -0.4 is 5.32 Å². The summed E-state index contributed by atoms with van der Waals surface area (Å²) in [6.45, 7) is 3.18. The molecule has 2 aliphatic heterocycles. The van der Waals surface area contributed by atoms with Gasteiger partial charge in [0.2, 0.25) is 5.91 Å². The zero-order chi connectivity index (χ0) is 12.8. The number of amides is 1. The van der Waals surface area contributed by atoms with Crippen molar-refractivity contribution in [2.75, 3.05) is 26.2 Å². The van der Waals surface area contributed by atoms with Crippen LogP contribution in [0.3, 0.4) is 0 Å². The van der Waals surface area contributed by atoms with Gasteiger partial charge in [-0.1, -0.05) is 0 Å². The van der Waals surface area contributed by atoms with Gasteiger partial charge in [-0.3, -0.25) is 4.79 Å². The molecule has 2 saturated heterocycles. The molecule has 104 valence electrons. The summed E-state index contributed by atoms with van der Waals surface area (Å²) >= 11 is 0. The van der Waals surface area contributed by atoms with Crippen molar-refractivity contribution in [3.8, 4) is 0 Å². The Balaban J connectivity index is 1.84. The molecule has 2 rings (SSSR count). The SMILES string of the molecule is O=C(CC1CCCNC1)N1CCCCC1CCO. The lowest BCUT2D eigenvalue weighted by Crippen LogP contribution is -2.45. The highest BCUT2D eigenvalue weighted by atomic mass is 16.3. The first-order chi connectivity index (χ1) is 8.81. The minimum Gasteiger partial charge on any atom is -0.396 e. The smallest absolute Gasteiger partial charge is 0.223 e. The monoisotopic (exact) mass is 254 g/mol. The van der Waals surface area contributed by atoms with Crippen molar-refractivity contribution < 1.29 is 9.90 Å². The molecule has 2 N–H and O–H groups in total. The molecule has 4 heteroatoms. The van der Waals surface area contributed by atoms with Gasteiger partial charge in [-0.15, -0.1) is 0 Å². The maximum atomic E-state index is 12.4. The molecule has 0 bridgehead atoms. The lowest BCUT2D eigenvalue weighted by atomic mass is 9.93. The lowest BCUT2D eigenvalue weighted by molar-refractivity contribution is -0.136. The maximum absolute atomic E-state index is 12.4. The summed E-state index contributed by atoms with van der Waals surface area (Å²) in [6.07, 6.45) is 7.18. The van der Waals surface area contributed by atoms with Crippen LogP contribution in [0.5, 0.6) is 0 Å². The third-order valence-corrected chi connectivity index (χ3v) is 4.27. The van der Waals surface area contributed by atoms with E-state index in [2.05, 4.69) is 5.32 Å². The van der Waals surface area contributed by atoms with Crippen LogP contribution in [-0.4, -0.2) is 48.2 Å². The number of aliphatic hydroxyl groups is 1. The number of likely N-dealkylation sites (tertiary alicyclic amines) is 1. The molecule has 0 aromatic carbocycles. The van der Waals surface area contributed by atoms with Gasteiger partial charge in [-0.25, -0.2) is 0 Å². The average Bonchev–Trinajstić information content (AvgIpc) is 2.41. The predicted octanol–water partition coefficient (Wildman–Crippen LogP) is 1.14. The number of nitrogens with one attached hydrogen (secondary N) is 1. The van der Waals surface area contributed by atoms with Crippen LogP contribution in [0.4, 0.5) is 0 Å². The standard InChI is InChI=1S/C14H26N2O2/c17-9-6-13-5-1-2-8-16(13)14(18)10-12-4-3-7-15-11-12/h12-13,15,17H,1-11H2. The molecule has 0 aromatic rings. The molecule has 1 amide bonds. The lowest BCUT2D eigenvalue weighted by Gasteiger charge is -2.37. The van der Waals surface area contributed by atoms with Crippen molar-refractivity contribution in [2.45, 2.75) is 51.0 Å². The number of carbonyl (C=O) groups excluding carboxylic acids is 1. The van der Waals surface area contributed by atoms with E-state index in [-0.39, 0.29) is 12.6 Å². The zero-order valence-electron chi connectivity index (χ0n) is 11.2. The highest BCUT2D eigenvalue weighted by molar-refractivity contribution is 5.77. The summed E-state index contributed by atoms with van der Waals surface area (Å²) in [5, 5.41) is 12.5. The van der Waals surface area contributed by atoms with Gasteiger partial charge in [0, 0.05) is 25.6 Å². The fraction of sp³-hybridized carbons (Fsp3) is 0.929. The molecular weight excluding hydrogens is 228 g/mol. The molecule has 0 aromatic heterocycles. The van der Waals surface area contributed by atoms with E-state index in [4.69, 9.17) is 5.11 Å². The Morgan fingerprint density at radius 1 is 1.28 bits per heavy atom. The first kappa shape index (κ1) is 13.8. The van der Waals surface area contributed by atoms with Gasteiger partial charge < -0.3 is 15.3 Å². The van der Waals surface area contributed by atoms with E-state index in [0.717, 1.165) is 38.9 Å². The number of nitrogens with zero attached hydrogens (tertiary/aromatic N) is 1. The van der Waals surface area contributed by atoms with E-state index in [0.29, 0.717) is 18.2 Å². The summed E-state index contributed by atoms with van der Waals surface area (Å²) in [6, 6.07) is 0.285. The summed E-state index contributed by atoms with van der Waals surface area (Å²) in [5.74, 6) is 0.824. The fourth-order valence-corrected chi connectivity index (χ4v) is 3.24. The molecule has 0 spiro atoms.